The molecule has 2 unspecified atom stereocenters. The first-order valence-electron chi connectivity index (χ1n) is 6.41. The van der Waals surface area contributed by atoms with Crippen LogP contribution in [0.5, 0.6) is 0 Å². The number of rotatable bonds is 7. The third kappa shape index (κ3) is 6.56. The van der Waals surface area contributed by atoms with Crippen LogP contribution in [-0.4, -0.2) is 48.8 Å². The molecular formula is C12H22N2O4. The van der Waals surface area contributed by atoms with E-state index in [1.165, 1.54) is 0 Å². The van der Waals surface area contributed by atoms with Gasteiger partial charge in [-0.1, -0.05) is 0 Å². The molecule has 0 bridgehead atoms. The minimum Gasteiger partial charge on any atom is -0.481 e. The highest BCUT2D eigenvalue weighted by molar-refractivity contribution is 5.76. The van der Waals surface area contributed by atoms with Crippen molar-refractivity contribution in [3.05, 3.63) is 0 Å². The predicted octanol–water partition coefficient (Wildman–Crippen LogP) is 0.125. The maximum absolute atomic E-state index is 11.7. The molecule has 1 heterocycles. The van der Waals surface area contributed by atoms with Gasteiger partial charge in [0.1, 0.15) is 0 Å². The molecule has 0 saturated carbocycles. The molecule has 0 aromatic carbocycles. The Bertz CT molecular complexity index is 277. The average molecular weight is 258 g/mol. The Balaban J connectivity index is 2.12. The SMILES string of the molecule is CC(CCCC(=O)O)NC(=O)CC1CNCCO1. The predicted molar refractivity (Wildman–Crippen MR) is 66.3 cm³/mol. The lowest BCUT2D eigenvalue weighted by Crippen LogP contribution is -2.42. The third-order valence-corrected chi connectivity index (χ3v) is 2.85. The maximum Gasteiger partial charge on any atom is 0.303 e. The number of hydrogen-bond donors (Lipinski definition) is 3. The van der Waals surface area contributed by atoms with Crippen LogP contribution in [0.3, 0.4) is 0 Å². The van der Waals surface area contributed by atoms with Gasteiger partial charge in [0.15, 0.2) is 0 Å². The van der Waals surface area contributed by atoms with Crippen molar-refractivity contribution in [2.75, 3.05) is 19.7 Å². The molecule has 1 saturated heterocycles. The Morgan fingerprint density at radius 2 is 2.33 bits per heavy atom. The molecule has 3 N–H and O–H groups in total. The van der Waals surface area contributed by atoms with Crippen LogP contribution < -0.4 is 10.6 Å². The number of amides is 1. The smallest absolute Gasteiger partial charge is 0.303 e. The molecule has 0 radical (unpaired) electrons. The minimum atomic E-state index is -0.796. The van der Waals surface area contributed by atoms with Gasteiger partial charge in [0.05, 0.1) is 19.1 Å². The second-order valence-corrected chi connectivity index (χ2v) is 4.66. The van der Waals surface area contributed by atoms with Crippen LogP contribution in [0.1, 0.15) is 32.6 Å². The summed E-state index contributed by atoms with van der Waals surface area (Å²) >= 11 is 0. The molecule has 18 heavy (non-hydrogen) atoms. The first-order chi connectivity index (χ1) is 8.58. The van der Waals surface area contributed by atoms with E-state index < -0.39 is 5.97 Å². The molecule has 1 aliphatic heterocycles. The van der Waals surface area contributed by atoms with Gasteiger partial charge in [-0.15, -0.1) is 0 Å². The van der Waals surface area contributed by atoms with Gasteiger partial charge < -0.3 is 20.5 Å². The van der Waals surface area contributed by atoms with Crippen LogP contribution in [0.25, 0.3) is 0 Å². The Hall–Kier alpha value is -1.14. The normalized spacial score (nSPS) is 21.3. The van der Waals surface area contributed by atoms with Gasteiger partial charge in [-0.25, -0.2) is 0 Å². The molecule has 2 atom stereocenters. The molecule has 0 aliphatic carbocycles. The van der Waals surface area contributed by atoms with Crippen molar-refractivity contribution < 1.29 is 19.4 Å². The zero-order valence-corrected chi connectivity index (χ0v) is 10.8. The second-order valence-electron chi connectivity index (χ2n) is 4.66. The molecule has 0 aromatic heterocycles. The Labute approximate surface area is 107 Å². The summed E-state index contributed by atoms with van der Waals surface area (Å²) in [5.41, 5.74) is 0. The summed E-state index contributed by atoms with van der Waals surface area (Å²) in [4.78, 5) is 22.0. The lowest BCUT2D eigenvalue weighted by Gasteiger charge is -2.23. The standard InChI is InChI=1S/C12H22N2O4/c1-9(3-2-4-12(16)17)14-11(15)7-10-8-13-5-6-18-10/h9-10,13H,2-8H2,1H3,(H,14,15)(H,16,17). The number of carbonyl (C=O) groups is 2. The van der Waals surface area contributed by atoms with Crippen molar-refractivity contribution >= 4 is 11.9 Å². The van der Waals surface area contributed by atoms with E-state index >= 15 is 0 Å². The van der Waals surface area contributed by atoms with Crippen LogP contribution in [0.15, 0.2) is 0 Å². The van der Waals surface area contributed by atoms with E-state index in [9.17, 15) is 9.59 Å². The highest BCUT2D eigenvalue weighted by Gasteiger charge is 2.18. The first kappa shape index (κ1) is 14.9. The van der Waals surface area contributed by atoms with E-state index in [-0.39, 0.29) is 24.5 Å². The summed E-state index contributed by atoms with van der Waals surface area (Å²) in [6.07, 6.45) is 1.72. The summed E-state index contributed by atoms with van der Waals surface area (Å²) in [5, 5.41) is 14.5. The van der Waals surface area contributed by atoms with Gasteiger partial charge in [0.25, 0.3) is 0 Å². The molecule has 1 amide bonds. The van der Waals surface area contributed by atoms with Gasteiger partial charge in [-0.05, 0) is 19.8 Å². The number of carboxylic acid groups (broad SMARTS) is 1. The van der Waals surface area contributed by atoms with E-state index in [2.05, 4.69) is 10.6 Å². The summed E-state index contributed by atoms with van der Waals surface area (Å²) in [6, 6.07) is 0.00778. The molecule has 1 rings (SSSR count). The summed E-state index contributed by atoms with van der Waals surface area (Å²) in [5.74, 6) is -0.832. The van der Waals surface area contributed by atoms with Crippen molar-refractivity contribution in [3.8, 4) is 0 Å². The van der Waals surface area contributed by atoms with E-state index in [0.29, 0.717) is 32.4 Å². The lowest BCUT2D eigenvalue weighted by molar-refractivity contribution is -0.137. The summed E-state index contributed by atoms with van der Waals surface area (Å²) < 4.78 is 5.44. The third-order valence-electron chi connectivity index (χ3n) is 2.85. The largest absolute Gasteiger partial charge is 0.481 e. The van der Waals surface area contributed by atoms with Gasteiger partial charge in [-0.3, -0.25) is 9.59 Å². The van der Waals surface area contributed by atoms with E-state index in [1.807, 2.05) is 6.92 Å². The van der Waals surface area contributed by atoms with Crippen molar-refractivity contribution in [1.82, 2.24) is 10.6 Å². The molecule has 104 valence electrons. The van der Waals surface area contributed by atoms with Gasteiger partial charge in [0.2, 0.25) is 5.91 Å². The fraction of sp³-hybridized carbons (Fsp3) is 0.833. The number of morpholine rings is 1. The molecule has 6 nitrogen and oxygen atoms in total. The Morgan fingerprint density at radius 1 is 1.56 bits per heavy atom. The molecule has 1 aliphatic rings. The number of carbonyl (C=O) groups excluding carboxylic acids is 1. The lowest BCUT2D eigenvalue weighted by atomic mass is 10.1. The highest BCUT2D eigenvalue weighted by Crippen LogP contribution is 2.04. The molecule has 0 spiro atoms. The fourth-order valence-corrected chi connectivity index (χ4v) is 1.92. The van der Waals surface area contributed by atoms with Crippen LogP contribution in [-0.2, 0) is 14.3 Å². The zero-order chi connectivity index (χ0) is 13.4. The van der Waals surface area contributed by atoms with Crippen LogP contribution in [0.2, 0.25) is 0 Å². The molecule has 1 fully saturated rings. The Kier molecular flexibility index (Phi) is 6.67. The topological polar surface area (TPSA) is 87.7 Å². The molecular weight excluding hydrogens is 236 g/mol. The number of hydrogen-bond acceptors (Lipinski definition) is 4. The maximum atomic E-state index is 11.7. The molecule has 6 heteroatoms. The van der Waals surface area contributed by atoms with E-state index in [4.69, 9.17) is 9.84 Å². The number of carboxylic acids is 1. The minimum absolute atomic E-state index is 0.00778. The second kappa shape index (κ2) is 8.05. The number of aliphatic carboxylic acids is 1. The number of nitrogens with one attached hydrogen (secondary N) is 2. The van der Waals surface area contributed by atoms with Gasteiger partial charge in [-0.2, -0.15) is 0 Å². The Morgan fingerprint density at radius 3 is 2.94 bits per heavy atom. The summed E-state index contributed by atoms with van der Waals surface area (Å²) in [7, 11) is 0. The number of ether oxygens (including phenoxy) is 1. The van der Waals surface area contributed by atoms with Crippen LogP contribution >= 0.6 is 0 Å². The monoisotopic (exact) mass is 258 g/mol. The van der Waals surface area contributed by atoms with Crippen LogP contribution in [0.4, 0.5) is 0 Å². The summed E-state index contributed by atoms with van der Waals surface area (Å²) in [6.45, 7) is 4.08. The quantitative estimate of drug-likeness (QED) is 0.604. The van der Waals surface area contributed by atoms with E-state index in [0.717, 1.165) is 6.54 Å². The van der Waals surface area contributed by atoms with Crippen LogP contribution in [0, 0.1) is 0 Å². The first-order valence-corrected chi connectivity index (χ1v) is 6.41. The van der Waals surface area contributed by atoms with Crippen molar-refractivity contribution in [1.29, 1.82) is 0 Å². The van der Waals surface area contributed by atoms with Gasteiger partial charge in [0, 0.05) is 25.6 Å². The van der Waals surface area contributed by atoms with Crippen molar-refractivity contribution in [2.24, 2.45) is 0 Å². The highest BCUT2D eigenvalue weighted by atomic mass is 16.5. The average Bonchev–Trinajstić information content (AvgIpc) is 2.29. The van der Waals surface area contributed by atoms with Crippen molar-refractivity contribution in [2.45, 2.75) is 44.8 Å². The fourth-order valence-electron chi connectivity index (χ4n) is 1.92. The molecule has 0 aromatic rings. The van der Waals surface area contributed by atoms with E-state index in [1.54, 1.807) is 0 Å². The zero-order valence-electron chi connectivity index (χ0n) is 10.8. The van der Waals surface area contributed by atoms with Gasteiger partial charge >= 0.3 is 5.97 Å². The van der Waals surface area contributed by atoms with Crippen molar-refractivity contribution in [3.63, 3.8) is 0 Å².